The number of carbonyl (C=O) groups is 1. The van der Waals surface area contributed by atoms with E-state index in [1.165, 1.54) is 0 Å². The highest BCUT2D eigenvalue weighted by Gasteiger charge is 2.47. The second-order valence-corrected chi connectivity index (χ2v) is 11.0. The van der Waals surface area contributed by atoms with Crippen molar-refractivity contribution in [3.8, 4) is 0 Å². The molecule has 1 aliphatic heterocycles. The van der Waals surface area contributed by atoms with Crippen LogP contribution < -0.4 is 0 Å². The molecule has 1 fully saturated rings. The lowest BCUT2D eigenvalue weighted by Gasteiger charge is -2.48. The summed E-state index contributed by atoms with van der Waals surface area (Å²) in [5, 5.41) is 10.0. The molecule has 166 valence electrons. The zero-order chi connectivity index (χ0) is 22.7. The molecular formula is C25H38N2O2S. The Balaban J connectivity index is 2.19. The lowest BCUT2D eigenvalue weighted by molar-refractivity contribution is -0.156. The number of nitrogens with zero attached hydrogens (tertiary/aromatic N) is 2. The van der Waals surface area contributed by atoms with Crippen molar-refractivity contribution >= 4 is 22.6 Å². The van der Waals surface area contributed by atoms with Gasteiger partial charge in [0.15, 0.2) is 0 Å². The molecule has 0 spiro atoms. The zero-order valence-corrected chi connectivity index (χ0v) is 20.5. The van der Waals surface area contributed by atoms with Crippen molar-refractivity contribution in [1.29, 1.82) is 0 Å². The van der Waals surface area contributed by atoms with Crippen LogP contribution in [0.4, 0.5) is 0 Å². The minimum absolute atomic E-state index is 0.0713. The van der Waals surface area contributed by atoms with Crippen molar-refractivity contribution in [2.24, 2.45) is 16.7 Å². The van der Waals surface area contributed by atoms with Crippen molar-refractivity contribution in [3.63, 3.8) is 0 Å². The molecule has 2 rings (SSSR count). The quantitative estimate of drug-likeness (QED) is 0.562. The number of rotatable bonds is 7. The first-order valence-electron chi connectivity index (χ1n) is 10.8. The number of aromatic nitrogens is 1. The maximum absolute atomic E-state index is 12.2. The summed E-state index contributed by atoms with van der Waals surface area (Å²) in [6, 6.07) is 2.17. The van der Waals surface area contributed by atoms with Crippen LogP contribution in [0.1, 0.15) is 64.3 Å². The van der Waals surface area contributed by atoms with Gasteiger partial charge in [0.25, 0.3) is 0 Å². The third-order valence-corrected chi connectivity index (χ3v) is 7.50. The van der Waals surface area contributed by atoms with Gasteiger partial charge < -0.3 is 5.11 Å². The van der Waals surface area contributed by atoms with E-state index in [0.717, 1.165) is 39.6 Å². The normalized spacial score (nSPS) is 23.4. The number of hydrogen-bond donors (Lipinski definition) is 1. The molecule has 0 bridgehead atoms. The van der Waals surface area contributed by atoms with Crippen LogP contribution in [-0.4, -0.2) is 40.6 Å². The molecule has 0 amide bonds. The number of hydrogen-bond acceptors (Lipinski definition) is 4. The Labute approximate surface area is 186 Å². The van der Waals surface area contributed by atoms with Crippen molar-refractivity contribution in [1.82, 2.24) is 9.88 Å². The van der Waals surface area contributed by atoms with Crippen LogP contribution in [-0.2, 0) is 4.79 Å². The summed E-state index contributed by atoms with van der Waals surface area (Å²) in [5.41, 5.74) is 2.68. The number of aliphatic carboxylic acids is 1. The smallest absolute Gasteiger partial charge is 0.310 e. The maximum atomic E-state index is 12.2. The molecule has 1 saturated heterocycles. The third-order valence-electron chi connectivity index (χ3n) is 6.40. The van der Waals surface area contributed by atoms with E-state index in [1.54, 1.807) is 11.8 Å². The monoisotopic (exact) mass is 430 g/mol. The molecule has 1 aromatic rings. The minimum Gasteiger partial charge on any atom is -0.481 e. The summed E-state index contributed by atoms with van der Waals surface area (Å²) >= 11 is 1.68. The maximum Gasteiger partial charge on any atom is 0.310 e. The van der Waals surface area contributed by atoms with Gasteiger partial charge in [-0.1, -0.05) is 52.1 Å². The fourth-order valence-electron chi connectivity index (χ4n) is 4.26. The van der Waals surface area contributed by atoms with E-state index in [-0.39, 0.29) is 5.41 Å². The lowest BCUT2D eigenvalue weighted by atomic mass is 9.66. The van der Waals surface area contributed by atoms with Gasteiger partial charge in [-0.25, -0.2) is 0 Å². The second kappa shape index (κ2) is 9.69. The highest BCUT2D eigenvalue weighted by atomic mass is 32.2. The Morgan fingerprint density at radius 2 is 2.10 bits per heavy atom. The van der Waals surface area contributed by atoms with Gasteiger partial charge in [0.1, 0.15) is 0 Å². The largest absolute Gasteiger partial charge is 0.481 e. The van der Waals surface area contributed by atoms with Gasteiger partial charge in [-0.15, -0.1) is 0 Å². The Morgan fingerprint density at radius 3 is 2.63 bits per heavy atom. The molecule has 0 saturated carbocycles. The Bertz CT molecular complexity index is 825. The minimum atomic E-state index is -0.679. The van der Waals surface area contributed by atoms with Gasteiger partial charge in [0, 0.05) is 42.0 Å². The van der Waals surface area contributed by atoms with E-state index in [0.29, 0.717) is 25.4 Å². The van der Waals surface area contributed by atoms with Crippen molar-refractivity contribution in [2.45, 2.75) is 61.3 Å². The Kier molecular flexibility index (Phi) is 7.97. The molecule has 2 heterocycles. The van der Waals surface area contributed by atoms with Gasteiger partial charge >= 0.3 is 5.97 Å². The molecule has 0 aromatic carbocycles. The standard InChI is InChI=1S/C25H38N2O2S/c1-9-22(21-11-17(3)13-26-19(21)5)30-18(4)14-27-15-20(24(6,7)8)12-25(10-2,16-27)23(28)29/h9,11,13,20H,4,10,12,14-16H2,1-3,5-8H3,(H,28,29)/b22-9-/t20?,25-/m1/s1. The van der Waals surface area contributed by atoms with E-state index in [9.17, 15) is 9.90 Å². The number of carboxylic acids is 1. The number of carboxylic acid groups (broad SMARTS) is 1. The average Bonchev–Trinajstić information content (AvgIpc) is 2.66. The van der Waals surface area contributed by atoms with Gasteiger partial charge in [-0.3, -0.25) is 14.7 Å². The van der Waals surface area contributed by atoms with Crippen molar-refractivity contribution in [2.75, 3.05) is 19.6 Å². The Morgan fingerprint density at radius 1 is 1.43 bits per heavy atom. The van der Waals surface area contributed by atoms with Gasteiger partial charge in [0.05, 0.1) is 5.41 Å². The van der Waals surface area contributed by atoms with E-state index in [1.807, 2.05) is 27.0 Å². The number of pyridine rings is 1. The van der Waals surface area contributed by atoms with Gasteiger partial charge in [-0.05, 0) is 61.5 Å². The number of allylic oxidation sites excluding steroid dienone is 1. The van der Waals surface area contributed by atoms with Gasteiger partial charge in [0.2, 0.25) is 0 Å². The molecule has 1 aliphatic rings. The number of piperidine rings is 1. The molecule has 0 aliphatic carbocycles. The summed E-state index contributed by atoms with van der Waals surface area (Å²) in [7, 11) is 0. The zero-order valence-electron chi connectivity index (χ0n) is 19.7. The van der Waals surface area contributed by atoms with Crippen LogP contribution in [0.5, 0.6) is 0 Å². The van der Waals surface area contributed by atoms with Crippen LogP contribution >= 0.6 is 11.8 Å². The van der Waals surface area contributed by atoms with Crippen LogP contribution in [0.3, 0.4) is 0 Å². The van der Waals surface area contributed by atoms with E-state index in [2.05, 4.69) is 56.3 Å². The average molecular weight is 431 g/mol. The molecule has 4 nitrogen and oxygen atoms in total. The van der Waals surface area contributed by atoms with E-state index in [4.69, 9.17) is 0 Å². The summed E-state index contributed by atoms with van der Waals surface area (Å²) < 4.78 is 0. The van der Waals surface area contributed by atoms with Crippen LogP contribution in [0, 0.1) is 30.6 Å². The SMILES string of the molecule is C=C(CN1CC(C(C)(C)C)C[C@@](CC)(C(=O)O)C1)S/C(=C\C)c1cc(C)cnc1C. The number of thioether (sulfide) groups is 1. The van der Waals surface area contributed by atoms with Crippen molar-refractivity contribution < 1.29 is 9.90 Å². The van der Waals surface area contributed by atoms with Gasteiger partial charge in [-0.2, -0.15) is 0 Å². The highest BCUT2D eigenvalue weighted by Crippen LogP contribution is 2.44. The molecule has 2 atom stereocenters. The fourth-order valence-corrected chi connectivity index (χ4v) is 5.25. The topological polar surface area (TPSA) is 53.4 Å². The van der Waals surface area contributed by atoms with Crippen molar-refractivity contribution in [3.05, 3.63) is 46.6 Å². The first-order valence-corrected chi connectivity index (χ1v) is 11.6. The predicted molar refractivity (Wildman–Crippen MR) is 128 cm³/mol. The molecular weight excluding hydrogens is 392 g/mol. The summed E-state index contributed by atoms with van der Waals surface area (Å²) in [5.74, 6) is -0.331. The third kappa shape index (κ3) is 5.76. The van der Waals surface area contributed by atoms with E-state index >= 15 is 0 Å². The number of aryl methyl sites for hydroxylation is 2. The van der Waals surface area contributed by atoms with E-state index < -0.39 is 11.4 Å². The second-order valence-electron chi connectivity index (χ2n) is 9.82. The summed E-state index contributed by atoms with van der Waals surface area (Å²) in [6.07, 6.45) is 5.40. The molecule has 1 unspecified atom stereocenters. The molecule has 30 heavy (non-hydrogen) atoms. The summed E-state index contributed by atoms with van der Waals surface area (Å²) in [6.45, 7) is 21.3. The van der Waals surface area contributed by atoms with Crippen LogP contribution in [0.15, 0.2) is 29.8 Å². The molecule has 1 N–H and O–H groups in total. The predicted octanol–water partition coefficient (Wildman–Crippen LogP) is 6.16. The first kappa shape index (κ1) is 24.7. The fraction of sp³-hybridized carbons (Fsp3) is 0.600. The lowest BCUT2D eigenvalue weighted by Crippen LogP contribution is -2.53. The molecule has 5 heteroatoms. The first-order chi connectivity index (χ1) is 13.9. The van der Waals surface area contributed by atoms with Crippen LogP contribution in [0.25, 0.3) is 4.91 Å². The Hall–Kier alpha value is -1.59. The molecule has 1 aromatic heterocycles. The number of likely N-dealkylation sites (tertiary alicyclic amines) is 1. The molecule has 0 radical (unpaired) electrons. The van der Waals surface area contributed by atoms with Crippen LogP contribution in [0.2, 0.25) is 0 Å². The highest BCUT2D eigenvalue weighted by molar-refractivity contribution is 8.11. The summed E-state index contributed by atoms with van der Waals surface area (Å²) in [4.78, 5) is 21.2.